The van der Waals surface area contributed by atoms with E-state index >= 15 is 0 Å². The fourth-order valence-electron chi connectivity index (χ4n) is 4.30. The Kier molecular flexibility index (Phi) is 3.87. The lowest BCUT2D eigenvalue weighted by atomic mass is 9.69. The average Bonchev–Trinajstić information content (AvgIpc) is 2.45. The number of likely N-dealkylation sites (N-methyl/N-ethyl adjacent to an activating group) is 1. The van der Waals surface area contributed by atoms with E-state index in [1.165, 1.54) is 30.4 Å². The predicted molar refractivity (Wildman–Crippen MR) is 83.0 cm³/mol. The maximum absolute atomic E-state index is 10.9. The molecular weight excluding hydrogens is 246 g/mol. The van der Waals surface area contributed by atoms with Crippen LogP contribution in [0.4, 0.5) is 0 Å². The van der Waals surface area contributed by atoms with Gasteiger partial charge in [-0.05, 0) is 56.8 Å². The highest BCUT2D eigenvalue weighted by atomic mass is 16.3. The molecule has 0 heterocycles. The van der Waals surface area contributed by atoms with E-state index in [0.29, 0.717) is 5.92 Å². The van der Waals surface area contributed by atoms with Crippen LogP contribution in [-0.2, 0) is 6.42 Å². The average molecular weight is 273 g/mol. The number of nitrogens with zero attached hydrogens (tertiary/aromatic N) is 1. The first-order valence-corrected chi connectivity index (χ1v) is 8.07. The van der Waals surface area contributed by atoms with Gasteiger partial charge in [0, 0.05) is 5.54 Å². The monoisotopic (exact) mass is 273 g/mol. The fraction of sp³-hybridized carbons (Fsp3) is 0.667. The lowest BCUT2D eigenvalue weighted by Gasteiger charge is -2.48. The number of aliphatic hydroxyl groups is 1. The smallest absolute Gasteiger partial charge is 0.0729 e. The van der Waals surface area contributed by atoms with E-state index in [9.17, 15) is 5.11 Å². The molecule has 1 aromatic rings. The Bertz CT molecular complexity index is 462. The van der Waals surface area contributed by atoms with Crippen molar-refractivity contribution < 1.29 is 5.11 Å². The second-order valence-electron chi connectivity index (χ2n) is 6.91. The van der Waals surface area contributed by atoms with Crippen LogP contribution >= 0.6 is 0 Å². The molecule has 20 heavy (non-hydrogen) atoms. The van der Waals surface area contributed by atoms with Crippen LogP contribution in [0.5, 0.6) is 0 Å². The number of aliphatic hydroxyl groups excluding tert-OH is 1. The van der Waals surface area contributed by atoms with Crippen molar-refractivity contribution in [3.05, 3.63) is 35.4 Å². The van der Waals surface area contributed by atoms with Crippen molar-refractivity contribution in [1.29, 1.82) is 0 Å². The molecule has 2 nitrogen and oxygen atoms in total. The van der Waals surface area contributed by atoms with Gasteiger partial charge in [0.05, 0.1) is 6.10 Å². The standard InChI is InChI=1S/C18H27NO/c1-19(2)18(10-6-3-7-11-18)17(20)13-15-12-14-8-4-5-9-16(14)15/h4-5,8-9,15,17,20H,3,6-7,10-13H2,1-2H3. The molecule has 3 rings (SSSR count). The molecule has 0 saturated heterocycles. The molecule has 1 saturated carbocycles. The molecule has 0 spiro atoms. The Hall–Kier alpha value is -0.860. The predicted octanol–water partition coefficient (Wildman–Crippen LogP) is 3.34. The summed E-state index contributed by atoms with van der Waals surface area (Å²) in [6.45, 7) is 0. The van der Waals surface area contributed by atoms with E-state index in [2.05, 4.69) is 43.3 Å². The van der Waals surface area contributed by atoms with Crippen LogP contribution in [0.1, 0.15) is 55.6 Å². The summed E-state index contributed by atoms with van der Waals surface area (Å²) in [7, 11) is 4.28. The van der Waals surface area contributed by atoms with E-state index in [-0.39, 0.29) is 11.6 Å². The molecule has 2 unspecified atom stereocenters. The number of hydrogen-bond acceptors (Lipinski definition) is 2. The lowest BCUT2D eigenvalue weighted by Crippen LogP contribution is -2.55. The van der Waals surface area contributed by atoms with E-state index < -0.39 is 0 Å². The number of fused-ring (bicyclic) bond motifs is 1. The summed E-state index contributed by atoms with van der Waals surface area (Å²) in [6.07, 6.45) is 8.02. The second-order valence-corrected chi connectivity index (χ2v) is 6.91. The van der Waals surface area contributed by atoms with Crippen LogP contribution in [0, 0.1) is 0 Å². The van der Waals surface area contributed by atoms with Crippen LogP contribution in [0.2, 0.25) is 0 Å². The molecule has 2 atom stereocenters. The third-order valence-electron chi connectivity index (χ3n) is 5.70. The minimum absolute atomic E-state index is 0.0167. The van der Waals surface area contributed by atoms with Crippen LogP contribution < -0.4 is 0 Å². The van der Waals surface area contributed by atoms with Crippen molar-refractivity contribution in [2.24, 2.45) is 0 Å². The largest absolute Gasteiger partial charge is 0.391 e. The van der Waals surface area contributed by atoms with Crippen molar-refractivity contribution in [2.75, 3.05) is 14.1 Å². The Morgan fingerprint density at radius 2 is 1.90 bits per heavy atom. The van der Waals surface area contributed by atoms with E-state index in [0.717, 1.165) is 25.7 Å². The maximum atomic E-state index is 10.9. The van der Waals surface area contributed by atoms with Gasteiger partial charge in [0.2, 0.25) is 0 Å². The number of hydrogen-bond donors (Lipinski definition) is 1. The van der Waals surface area contributed by atoms with Crippen LogP contribution in [0.3, 0.4) is 0 Å². The molecule has 2 aliphatic carbocycles. The maximum Gasteiger partial charge on any atom is 0.0729 e. The zero-order valence-corrected chi connectivity index (χ0v) is 12.8. The first kappa shape index (κ1) is 14.1. The van der Waals surface area contributed by atoms with Crippen molar-refractivity contribution in [3.8, 4) is 0 Å². The highest BCUT2D eigenvalue weighted by molar-refractivity contribution is 5.40. The topological polar surface area (TPSA) is 23.5 Å². The third kappa shape index (κ3) is 2.29. The van der Waals surface area contributed by atoms with Crippen LogP contribution in [0.15, 0.2) is 24.3 Å². The van der Waals surface area contributed by atoms with Crippen molar-refractivity contribution in [2.45, 2.75) is 62.5 Å². The van der Waals surface area contributed by atoms with Gasteiger partial charge in [-0.15, -0.1) is 0 Å². The first-order valence-electron chi connectivity index (χ1n) is 8.07. The fourth-order valence-corrected chi connectivity index (χ4v) is 4.30. The molecule has 0 bridgehead atoms. The van der Waals surface area contributed by atoms with Crippen molar-refractivity contribution in [1.82, 2.24) is 4.90 Å². The molecule has 1 N–H and O–H groups in total. The first-order chi connectivity index (χ1) is 9.63. The van der Waals surface area contributed by atoms with Crippen LogP contribution in [0.25, 0.3) is 0 Å². The van der Waals surface area contributed by atoms with Gasteiger partial charge >= 0.3 is 0 Å². The molecule has 1 aromatic carbocycles. The van der Waals surface area contributed by atoms with Gasteiger partial charge in [-0.1, -0.05) is 43.5 Å². The SMILES string of the molecule is CN(C)C1(C(O)CC2Cc3ccccc32)CCCCC1. The number of rotatable bonds is 4. The summed E-state index contributed by atoms with van der Waals surface area (Å²) < 4.78 is 0. The quantitative estimate of drug-likeness (QED) is 0.909. The van der Waals surface area contributed by atoms with Gasteiger partial charge in [0.15, 0.2) is 0 Å². The normalized spacial score (nSPS) is 25.9. The Balaban J connectivity index is 1.71. The van der Waals surface area contributed by atoms with E-state index in [1.54, 1.807) is 0 Å². The van der Waals surface area contributed by atoms with Gasteiger partial charge in [0.25, 0.3) is 0 Å². The van der Waals surface area contributed by atoms with E-state index in [1.807, 2.05) is 0 Å². The van der Waals surface area contributed by atoms with Gasteiger partial charge in [-0.25, -0.2) is 0 Å². The number of benzene rings is 1. The third-order valence-corrected chi connectivity index (χ3v) is 5.70. The Morgan fingerprint density at radius 3 is 2.55 bits per heavy atom. The summed E-state index contributed by atoms with van der Waals surface area (Å²) in [4.78, 5) is 2.29. The zero-order chi connectivity index (χ0) is 14.2. The van der Waals surface area contributed by atoms with E-state index in [4.69, 9.17) is 0 Å². The minimum atomic E-state index is -0.198. The minimum Gasteiger partial charge on any atom is -0.391 e. The lowest BCUT2D eigenvalue weighted by molar-refractivity contribution is -0.0397. The molecule has 0 amide bonds. The summed E-state index contributed by atoms with van der Waals surface area (Å²) >= 11 is 0. The molecule has 0 aromatic heterocycles. The summed E-state index contributed by atoms with van der Waals surface area (Å²) in [5.74, 6) is 0.569. The van der Waals surface area contributed by atoms with Crippen molar-refractivity contribution >= 4 is 0 Å². The van der Waals surface area contributed by atoms with Gasteiger partial charge in [-0.2, -0.15) is 0 Å². The molecule has 2 heteroatoms. The van der Waals surface area contributed by atoms with Gasteiger partial charge < -0.3 is 10.0 Å². The summed E-state index contributed by atoms with van der Waals surface area (Å²) in [6, 6.07) is 8.70. The zero-order valence-electron chi connectivity index (χ0n) is 12.8. The molecule has 1 fully saturated rings. The van der Waals surface area contributed by atoms with Gasteiger partial charge in [0.1, 0.15) is 0 Å². The second kappa shape index (κ2) is 5.50. The highest BCUT2D eigenvalue weighted by Gasteiger charge is 2.42. The van der Waals surface area contributed by atoms with Crippen molar-refractivity contribution in [3.63, 3.8) is 0 Å². The molecule has 0 aliphatic heterocycles. The Labute approximate surface area is 122 Å². The highest BCUT2D eigenvalue weighted by Crippen LogP contribution is 2.43. The molecule has 110 valence electrons. The van der Waals surface area contributed by atoms with Gasteiger partial charge in [-0.3, -0.25) is 0 Å². The summed E-state index contributed by atoms with van der Waals surface area (Å²) in [5.41, 5.74) is 2.96. The Morgan fingerprint density at radius 1 is 1.20 bits per heavy atom. The molecule has 2 aliphatic rings. The molecular formula is C18H27NO. The molecule has 0 radical (unpaired) electrons. The van der Waals surface area contributed by atoms with Crippen LogP contribution in [-0.4, -0.2) is 35.7 Å². The summed E-state index contributed by atoms with van der Waals surface area (Å²) in [5, 5.41) is 10.9.